The molecule has 5 heteroatoms. The first-order chi connectivity index (χ1) is 13.7. The molecule has 0 spiro atoms. The lowest BCUT2D eigenvalue weighted by atomic mass is 10.2. The fraction of sp³-hybridized carbons (Fsp3) is 0.217. The Bertz CT molecular complexity index is 895. The molecule has 0 radical (unpaired) electrons. The monoisotopic (exact) mass is 375 g/mol. The first-order valence-corrected chi connectivity index (χ1v) is 9.48. The van der Waals surface area contributed by atoms with E-state index < -0.39 is 0 Å². The van der Waals surface area contributed by atoms with Gasteiger partial charge in [-0.25, -0.2) is 4.98 Å². The summed E-state index contributed by atoms with van der Waals surface area (Å²) in [6.45, 7) is 6.17. The molecule has 0 saturated carbocycles. The van der Waals surface area contributed by atoms with Gasteiger partial charge in [0.15, 0.2) is 0 Å². The van der Waals surface area contributed by atoms with Crippen molar-refractivity contribution in [3.05, 3.63) is 84.1 Å². The fourth-order valence-corrected chi connectivity index (χ4v) is 2.90. The summed E-state index contributed by atoms with van der Waals surface area (Å²) in [5.74, 6) is 1.40. The molecule has 0 aliphatic rings. The predicted octanol–water partition coefficient (Wildman–Crippen LogP) is 4.76. The van der Waals surface area contributed by atoms with Gasteiger partial charge in [0.1, 0.15) is 11.6 Å². The van der Waals surface area contributed by atoms with Gasteiger partial charge < -0.3 is 15.0 Å². The maximum Gasteiger partial charge on any atom is 0.255 e. The number of carbonyl (C=O) groups is 1. The van der Waals surface area contributed by atoms with Gasteiger partial charge in [-0.2, -0.15) is 0 Å². The van der Waals surface area contributed by atoms with Crippen LogP contribution in [0.2, 0.25) is 0 Å². The summed E-state index contributed by atoms with van der Waals surface area (Å²) in [6, 6.07) is 21.1. The van der Waals surface area contributed by atoms with Crippen molar-refractivity contribution >= 4 is 17.4 Å². The number of aromatic nitrogens is 1. The molecule has 3 rings (SSSR count). The van der Waals surface area contributed by atoms with Crippen LogP contribution in [0.1, 0.15) is 29.8 Å². The number of ether oxygens (including phenoxy) is 1. The normalized spacial score (nSPS) is 10.4. The smallest absolute Gasteiger partial charge is 0.255 e. The first kappa shape index (κ1) is 19.4. The summed E-state index contributed by atoms with van der Waals surface area (Å²) in [7, 11) is 0. The van der Waals surface area contributed by atoms with Crippen LogP contribution in [-0.4, -0.2) is 24.0 Å². The maximum absolute atomic E-state index is 12.7. The zero-order valence-electron chi connectivity index (χ0n) is 16.3. The van der Waals surface area contributed by atoms with Gasteiger partial charge in [-0.1, -0.05) is 30.3 Å². The van der Waals surface area contributed by atoms with E-state index in [-0.39, 0.29) is 5.91 Å². The zero-order chi connectivity index (χ0) is 19.8. The molecule has 0 atom stereocenters. The zero-order valence-corrected chi connectivity index (χ0v) is 16.3. The van der Waals surface area contributed by atoms with Crippen molar-refractivity contribution in [2.24, 2.45) is 0 Å². The molecule has 1 amide bonds. The number of anilines is 2. The molecule has 1 aromatic heterocycles. The molecule has 3 aromatic rings. The highest BCUT2D eigenvalue weighted by Crippen LogP contribution is 2.19. The third kappa shape index (κ3) is 5.10. The molecule has 1 heterocycles. The summed E-state index contributed by atoms with van der Waals surface area (Å²) in [5, 5.41) is 2.92. The van der Waals surface area contributed by atoms with Crippen molar-refractivity contribution in [3.63, 3.8) is 0 Å². The van der Waals surface area contributed by atoms with Gasteiger partial charge in [0, 0.05) is 30.5 Å². The minimum absolute atomic E-state index is 0.163. The van der Waals surface area contributed by atoms with E-state index in [9.17, 15) is 4.79 Å². The summed E-state index contributed by atoms with van der Waals surface area (Å²) < 4.78 is 5.43. The van der Waals surface area contributed by atoms with Crippen LogP contribution in [0.15, 0.2) is 72.9 Å². The van der Waals surface area contributed by atoms with Gasteiger partial charge in [-0.05, 0) is 55.8 Å². The molecule has 144 valence electrons. The SMILES string of the molecule is CCOc1ccc(NC(=O)c2ccnc(N(CC)Cc3ccccc3)c2)cc1. The molecule has 0 aliphatic heterocycles. The van der Waals surface area contributed by atoms with Gasteiger partial charge in [0.05, 0.1) is 6.61 Å². The van der Waals surface area contributed by atoms with E-state index in [1.165, 1.54) is 5.56 Å². The Morgan fingerprint density at radius 2 is 1.79 bits per heavy atom. The lowest BCUT2D eigenvalue weighted by Crippen LogP contribution is -2.23. The van der Waals surface area contributed by atoms with Gasteiger partial charge in [0.2, 0.25) is 0 Å². The summed E-state index contributed by atoms with van der Waals surface area (Å²) >= 11 is 0. The Hall–Kier alpha value is -3.34. The lowest BCUT2D eigenvalue weighted by molar-refractivity contribution is 0.102. The molecular formula is C23H25N3O2. The molecular weight excluding hydrogens is 350 g/mol. The van der Waals surface area contributed by atoms with Gasteiger partial charge >= 0.3 is 0 Å². The molecule has 0 fully saturated rings. The maximum atomic E-state index is 12.7. The van der Waals surface area contributed by atoms with Crippen molar-refractivity contribution in [1.29, 1.82) is 0 Å². The Morgan fingerprint density at radius 3 is 2.46 bits per heavy atom. The highest BCUT2D eigenvalue weighted by atomic mass is 16.5. The Balaban J connectivity index is 1.71. The van der Waals surface area contributed by atoms with Gasteiger partial charge in [-0.3, -0.25) is 4.79 Å². The average molecular weight is 375 g/mol. The first-order valence-electron chi connectivity index (χ1n) is 9.48. The van der Waals surface area contributed by atoms with Crippen molar-refractivity contribution in [3.8, 4) is 5.75 Å². The lowest BCUT2D eigenvalue weighted by Gasteiger charge is -2.22. The quantitative estimate of drug-likeness (QED) is 0.617. The second-order valence-electron chi connectivity index (χ2n) is 6.31. The number of hydrogen-bond acceptors (Lipinski definition) is 4. The summed E-state index contributed by atoms with van der Waals surface area (Å²) in [5.41, 5.74) is 2.50. The third-order valence-electron chi connectivity index (χ3n) is 4.35. The molecule has 1 N–H and O–H groups in total. The van der Waals surface area contributed by atoms with Crippen LogP contribution in [0.4, 0.5) is 11.5 Å². The number of nitrogens with one attached hydrogen (secondary N) is 1. The van der Waals surface area contributed by atoms with Crippen LogP contribution < -0.4 is 15.0 Å². The van der Waals surface area contributed by atoms with Gasteiger partial charge in [-0.15, -0.1) is 0 Å². The van der Waals surface area contributed by atoms with Crippen LogP contribution >= 0.6 is 0 Å². The molecule has 28 heavy (non-hydrogen) atoms. The molecule has 2 aromatic carbocycles. The standard InChI is InChI=1S/C23H25N3O2/c1-3-26(17-18-8-6-5-7-9-18)22-16-19(14-15-24-22)23(27)25-20-10-12-21(13-11-20)28-4-2/h5-16H,3-4,17H2,1-2H3,(H,25,27). The van der Waals surface area contributed by atoms with Crippen molar-refractivity contribution in [2.75, 3.05) is 23.4 Å². The number of benzene rings is 2. The number of nitrogens with zero attached hydrogens (tertiary/aromatic N) is 2. The molecule has 5 nitrogen and oxygen atoms in total. The number of amides is 1. The summed E-state index contributed by atoms with van der Waals surface area (Å²) in [6.07, 6.45) is 1.68. The Kier molecular flexibility index (Phi) is 6.63. The van der Waals surface area contributed by atoms with Crippen molar-refractivity contribution in [1.82, 2.24) is 4.98 Å². The predicted molar refractivity (Wildman–Crippen MR) is 113 cm³/mol. The molecule has 0 unspecified atom stereocenters. The van der Waals surface area contributed by atoms with E-state index >= 15 is 0 Å². The largest absolute Gasteiger partial charge is 0.494 e. The minimum Gasteiger partial charge on any atom is -0.494 e. The average Bonchev–Trinajstić information content (AvgIpc) is 2.74. The topological polar surface area (TPSA) is 54.5 Å². The Labute approximate surface area is 166 Å². The fourth-order valence-electron chi connectivity index (χ4n) is 2.90. The van der Waals surface area contributed by atoms with E-state index in [4.69, 9.17) is 4.74 Å². The molecule has 0 bridgehead atoms. The van der Waals surface area contributed by atoms with Crippen LogP contribution in [0.5, 0.6) is 5.75 Å². The molecule has 0 aliphatic carbocycles. The van der Waals surface area contributed by atoms with E-state index in [2.05, 4.69) is 34.3 Å². The number of pyridine rings is 1. The molecule has 0 saturated heterocycles. The van der Waals surface area contributed by atoms with Crippen LogP contribution in [0, 0.1) is 0 Å². The van der Waals surface area contributed by atoms with Crippen LogP contribution in [0.3, 0.4) is 0 Å². The second-order valence-corrected chi connectivity index (χ2v) is 6.31. The number of hydrogen-bond donors (Lipinski definition) is 1. The van der Waals surface area contributed by atoms with Gasteiger partial charge in [0.25, 0.3) is 5.91 Å². The second kappa shape index (κ2) is 9.55. The van der Waals surface area contributed by atoms with Crippen molar-refractivity contribution in [2.45, 2.75) is 20.4 Å². The Morgan fingerprint density at radius 1 is 1.04 bits per heavy atom. The van der Waals surface area contributed by atoms with E-state index in [1.807, 2.05) is 55.5 Å². The van der Waals surface area contributed by atoms with Crippen molar-refractivity contribution < 1.29 is 9.53 Å². The van der Waals surface area contributed by atoms with Crippen LogP contribution in [0.25, 0.3) is 0 Å². The highest BCUT2D eigenvalue weighted by molar-refractivity contribution is 6.04. The van der Waals surface area contributed by atoms with E-state index in [1.54, 1.807) is 12.3 Å². The minimum atomic E-state index is -0.163. The highest BCUT2D eigenvalue weighted by Gasteiger charge is 2.12. The number of carbonyl (C=O) groups excluding carboxylic acids is 1. The summed E-state index contributed by atoms with van der Waals surface area (Å²) in [4.78, 5) is 19.3. The van der Waals surface area contributed by atoms with E-state index in [0.29, 0.717) is 12.2 Å². The van der Waals surface area contributed by atoms with E-state index in [0.717, 1.165) is 30.3 Å². The third-order valence-corrected chi connectivity index (χ3v) is 4.35. The van der Waals surface area contributed by atoms with Crippen LogP contribution in [-0.2, 0) is 6.54 Å². The number of rotatable bonds is 8.